The molecule has 1 heterocycles. The number of aromatic carboxylic acids is 1. The molecule has 4 nitrogen and oxygen atoms in total. The van der Waals surface area contributed by atoms with E-state index in [1.165, 1.54) is 25.3 Å². The molecule has 1 aliphatic carbocycles. The van der Waals surface area contributed by atoms with E-state index in [2.05, 4.69) is 12.2 Å². The molecule has 88 valence electrons. The van der Waals surface area contributed by atoms with Crippen LogP contribution in [0.25, 0.3) is 0 Å². The topological polar surface area (TPSA) is 62.5 Å². The number of rotatable bonds is 5. The van der Waals surface area contributed by atoms with Crippen LogP contribution in [0, 0.1) is 0 Å². The molecule has 16 heavy (non-hydrogen) atoms. The molecule has 0 aromatic carbocycles. The lowest BCUT2D eigenvalue weighted by Crippen LogP contribution is -2.49. The van der Waals surface area contributed by atoms with Crippen LogP contribution < -0.4 is 5.32 Å². The van der Waals surface area contributed by atoms with Crippen molar-refractivity contribution in [3.63, 3.8) is 0 Å². The van der Waals surface area contributed by atoms with Gasteiger partial charge >= 0.3 is 5.97 Å². The predicted molar refractivity (Wildman–Crippen MR) is 59.4 cm³/mol. The summed E-state index contributed by atoms with van der Waals surface area (Å²) in [5, 5.41) is 12.2. The fourth-order valence-electron chi connectivity index (χ4n) is 2.12. The molecule has 0 atom stereocenters. The average molecular weight is 223 g/mol. The Bertz CT molecular complexity index is 374. The molecule has 1 fully saturated rings. The lowest BCUT2D eigenvalue weighted by atomic mass is 9.75. The summed E-state index contributed by atoms with van der Waals surface area (Å²) >= 11 is 0. The zero-order valence-electron chi connectivity index (χ0n) is 9.45. The van der Waals surface area contributed by atoms with Crippen molar-refractivity contribution in [2.24, 2.45) is 0 Å². The van der Waals surface area contributed by atoms with Gasteiger partial charge in [0, 0.05) is 5.54 Å². The largest absolute Gasteiger partial charge is 0.475 e. The van der Waals surface area contributed by atoms with Gasteiger partial charge in [0.25, 0.3) is 0 Å². The third kappa shape index (κ3) is 2.11. The van der Waals surface area contributed by atoms with Crippen molar-refractivity contribution in [1.29, 1.82) is 0 Å². The van der Waals surface area contributed by atoms with Crippen LogP contribution in [0.4, 0.5) is 0 Å². The van der Waals surface area contributed by atoms with Crippen LogP contribution in [0.5, 0.6) is 0 Å². The van der Waals surface area contributed by atoms with Crippen LogP contribution in [0.15, 0.2) is 16.5 Å². The number of hydrogen-bond donors (Lipinski definition) is 2. The fraction of sp³-hybridized carbons (Fsp3) is 0.583. The molecular formula is C12H17NO3. The van der Waals surface area contributed by atoms with Gasteiger partial charge in [0.1, 0.15) is 5.76 Å². The predicted octanol–water partition coefficient (Wildman–Crippen LogP) is 2.40. The molecule has 1 aliphatic rings. The van der Waals surface area contributed by atoms with Gasteiger partial charge in [-0.25, -0.2) is 4.79 Å². The van der Waals surface area contributed by atoms with Gasteiger partial charge in [-0.1, -0.05) is 6.92 Å². The highest BCUT2D eigenvalue weighted by atomic mass is 16.4. The summed E-state index contributed by atoms with van der Waals surface area (Å²) in [5.41, 5.74) is 0.260. The molecule has 0 unspecified atom stereocenters. The van der Waals surface area contributed by atoms with Crippen molar-refractivity contribution in [2.75, 3.05) is 0 Å². The normalized spacial score (nSPS) is 18.1. The van der Waals surface area contributed by atoms with Crippen LogP contribution >= 0.6 is 0 Å². The second kappa shape index (κ2) is 4.29. The quantitative estimate of drug-likeness (QED) is 0.804. The van der Waals surface area contributed by atoms with Gasteiger partial charge in [-0.3, -0.25) is 0 Å². The standard InChI is InChI=1S/C12H17NO3/c1-2-12(6-3-7-12)13-8-9-4-5-10(16-9)11(14)15/h4-5,13H,2-3,6-8H2,1H3,(H,14,15). The number of carbonyl (C=O) groups is 1. The third-order valence-electron chi connectivity index (χ3n) is 3.50. The van der Waals surface area contributed by atoms with Crippen molar-refractivity contribution in [1.82, 2.24) is 5.32 Å². The van der Waals surface area contributed by atoms with Crippen LogP contribution in [-0.4, -0.2) is 16.6 Å². The molecule has 2 N–H and O–H groups in total. The van der Waals surface area contributed by atoms with Crippen molar-refractivity contribution < 1.29 is 14.3 Å². The Morgan fingerprint density at radius 3 is 2.75 bits per heavy atom. The smallest absolute Gasteiger partial charge is 0.371 e. The summed E-state index contributed by atoms with van der Waals surface area (Å²) in [4.78, 5) is 10.6. The van der Waals surface area contributed by atoms with E-state index in [0.717, 1.165) is 6.42 Å². The average Bonchev–Trinajstić information content (AvgIpc) is 2.65. The first kappa shape index (κ1) is 11.2. The van der Waals surface area contributed by atoms with E-state index in [1.54, 1.807) is 6.07 Å². The zero-order chi connectivity index (χ0) is 11.6. The number of carboxylic acid groups (broad SMARTS) is 1. The number of furan rings is 1. The molecule has 0 bridgehead atoms. The van der Waals surface area contributed by atoms with Gasteiger partial charge in [0.15, 0.2) is 0 Å². The maximum Gasteiger partial charge on any atom is 0.371 e. The Morgan fingerprint density at radius 2 is 2.31 bits per heavy atom. The van der Waals surface area contributed by atoms with E-state index in [-0.39, 0.29) is 11.3 Å². The highest BCUT2D eigenvalue weighted by molar-refractivity contribution is 5.84. The molecule has 2 rings (SSSR count). The molecule has 0 saturated heterocycles. The van der Waals surface area contributed by atoms with Crippen molar-refractivity contribution in [3.05, 3.63) is 23.7 Å². The lowest BCUT2D eigenvalue weighted by Gasteiger charge is -2.42. The molecular weight excluding hydrogens is 206 g/mol. The molecule has 1 aromatic rings. The Morgan fingerprint density at radius 1 is 1.56 bits per heavy atom. The fourth-order valence-corrected chi connectivity index (χ4v) is 2.12. The third-order valence-corrected chi connectivity index (χ3v) is 3.50. The second-order valence-corrected chi connectivity index (χ2v) is 4.41. The molecule has 1 aromatic heterocycles. The van der Waals surface area contributed by atoms with Gasteiger partial charge in [0.2, 0.25) is 5.76 Å². The van der Waals surface area contributed by atoms with Gasteiger partial charge in [-0.05, 0) is 37.8 Å². The Labute approximate surface area is 94.6 Å². The van der Waals surface area contributed by atoms with Gasteiger partial charge in [-0.15, -0.1) is 0 Å². The molecule has 0 radical (unpaired) electrons. The lowest BCUT2D eigenvalue weighted by molar-refractivity contribution is 0.0659. The first-order valence-corrected chi connectivity index (χ1v) is 5.72. The monoisotopic (exact) mass is 223 g/mol. The molecule has 0 spiro atoms. The van der Waals surface area contributed by atoms with Crippen molar-refractivity contribution in [2.45, 2.75) is 44.7 Å². The summed E-state index contributed by atoms with van der Waals surface area (Å²) in [6.07, 6.45) is 4.80. The summed E-state index contributed by atoms with van der Waals surface area (Å²) in [6, 6.07) is 3.22. The molecule has 4 heteroatoms. The van der Waals surface area contributed by atoms with Crippen LogP contribution in [-0.2, 0) is 6.54 Å². The summed E-state index contributed by atoms with van der Waals surface area (Å²) < 4.78 is 5.19. The van der Waals surface area contributed by atoms with E-state index in [4.69, 9.17) is 9.52 Å². The summed E-state index contributed by atoms with van der Waals surface area (Å²) in [5.74, 6) is -0.312. The van der Waals surface area contributed by atoms with Crippen LogP contribution in [0.3, 0.4) is 0 Å². The SMILES string of the molecule is CCC1(NCc2ccc(C(=O)O)o2)CCC1. The summed E-state index contributed by atoms with van der Waals surface area (Å²) in [7, 11) is 0. The zero-order valence-corrected chi connectivity index (χ0v) is 9.45. The first-order chi connectivity index (χ1) is 7.65. The second-order valence-electron chi connectivity index (χ2n) is 4.41. The number of hydrogen-bond acceptors (Lipinski definition) is 3. The Hall–Kier alpha value is -1.29. The van der Waals surface area contributed by atoms with Gasteiger partial charge in [0.05, 0.1) is 6.54 Å². The minimum absolute atomic E-state index is 0.0101. The van der Waals surface area contributed by atoms with Gasteiger partial charge < -0.3 is 14.8 Å². The Kier molecular flexibility index (Phi) is 3.01. The van der Waals surface area contributed by atoms with Crippen molar-refractivity contribution >= 4 is 5.97 Å². The number of nitrogens with one attached hydrogen (secondary N) is 1. The van der Waals surface area contributed by atoms with E-state index < -0.39 is 5.97 Å². The maximum atomic E-state index is 10.6. The van der Waals surface area contributed by atoms with Crippen LogP contribution in [0.1, 0.15) is 48.9 Å². The number of carboxylic acids is 1. The minimum Gasteiger partial charge on any atom is -0.475 e. The van der Waals surface area contributed by atoms with Crippen molar-refractivity contribution in [3.8, 4) is 0 Å². The van der Waals surface area contributed by atoms with E-state index in [1.807, 2.05) is 0 Å². The Balaban J connectivity index is 1.91. The molecule has 0 aliphatic heterocycles. The van der Waals surface area contributed by atoms with E-state index >= 15 is 0 Å². The summed E-state index contributed by atoms with van der Waals surface area (Å²) in [6.45, 7) is 2.79. The maximum absolute atomic E-state index is 10.6. The first-order valence-electron chi connectivity index (χ1n) is 5.72. The molecule has 0 amide bonds. The molecule has 1 saturated carbocycles. The minimum atomic E-state index is -1.01. The van der Waals surface area contributed by atoms with E-state index in [0.29, 0.717) is 12.3 Å². The van der Waals surface area contributed by atoms with Crippen LogP contribution in [0.2, 0.25) is 0 Å². The highest BCUT2D eigenvalue weighted by Gasteiger charge is 2.34. The van der Waals surface area contributed by atoms with E-state index in [9.17, 15) is 4.79 Å². The van der Waals surface area contributed by atoms with Gasteiger partial charge in [-0.2, -0.15) is 0 Å². The highest BCUT2D eigenvalue weighted by Crippen LogP contribution is 2.34.